The lowest BCUT2D eigenvalue weighted by molar-refractivity contribution is 0.104. The molecule has 0 spiro atoms. The second-order valence-corrected chi connectivity index (χ2v) is 5.04. The van der Waals surface area contributed by atoms with Crippen molar-refractivity contribution in [3.63, 3.8) is 0 Å². The summed E-state index contributed by atoms with van der Waals surface area (Å²) >= 11 is 0. The lowest BCUT2D eigenvalue weighted by Gasteiger charge is -2.09. The molecule has 2 rings (SSSR count). The van der Waals surface area contributed by atoms with E-state index >= 15 is 0 Å². The van der Waals surface area contributed by atoms with Crippen LogP contribution in [-0.4, -0.2) is 5.78 Å². The Labute approximate surface area is 121 Å². The van der Waals surface area contributed by atoms with Gasteiger partial charge in [-0.2, -0.15) is 0 Å². The standard InChI is InChI=1S/C19H20O/c1-3-15(2)18-11-7-8-16(14-18)12-13-19(20)17-9-5-4-6-10-17/h4-15H,3H2,1-2H3/b13-12-. The molecule has 0 fully saturated rings. The van der Waals surface area contributed by atoms with E-state index in [1.165, 1.54) is 5.56 Å². The fourth-order valence-electron chi connectivity index (χ4n) is 2.08. The Morgan fingerprint density at radius 2 is 1.85 bits per heavy atom. The minimum Gasteiger partial charge on any atom is -0.289 e. The zero-order valence-electron chi connectivity index (χ0n) is 12.0. The lowest BCUT2D eigenvalue weighted by Crippen LogP contribution is -1.93. The fraction of sp³-hybridized carbons (Fsp3) is 0.211. The molecule has 0 aliphatic rings. The van der Waals surface area contributed by atoms with Crippen molar-refractivity contribution in [2.75, 3.05) is 0 Å². The monoisotopic (exact) mass is 264 g/mol. The molecule has 0 amide bonds. The van der Waals surface area contributed by atoms with Gasteiger partial charge in [-0.3, -0.25) is 4.79 Å². The summed E-state index contributed by atoms with van der Waals surface area (Å²) in [4.78, 5) is 12.0. The first-order valence-corrected chi connectivity index (χ1v) is 7.08. The summed E-state index contributed by atoms with van der Waals surface area (Å²) in [5.41, 5.74) is 3.12. The topological polar surface area (TPSA) is 17.1 Å². The third-order valence-corrected chi connectivity index (χ3v) is 3.58. The van der Waals surface area contributed by atoms with Gasteiger partial charge >= 0.3 is 0 Å². The van der Waals surface area contributed by atoms with Crippen LogP contribution in [-0.2, 0) is 0 Å². The summed E-state index contributed by atoms with van der Waals surface area (Å²) in [6.07, 6.45) is 4.66. The van der Waals surface area contributed by atoms with Crippen molar-refractivity contribution in [2.45, 2.75) is 26.2 Å². The molecule has 0 saturated heterocycles. The molecule has 0 aliphatic carbocycles. The number of hydrogen-bond acceptors (Lipinski definition) is 1. The highest BCUT2D eigenvalue weighted by molar-refractivity contribution is 6.06. The Balaban J connectivity index is 2.14. The van der Waals surface area contributed by atoms with E-state index in [-0.39, 0.29) is 5.78 Å². The van der Waals surface area contributed by atoms with Crippen LogP contribution in [0.3, 0.4) is 0 Å². The zero-order valence-corrected chi connectivity index (χ0v) is 12.0. The van der Waals surface area contributed by atoms with Crippen molar-refractivity contribution in [2.24, 2.45) is 0 Å². The molecule has 20 heavy (non-hydrogen) atoms. The number of hydrogen-bond donors (Lipinski definition) is 0. The number of carbonyl (C=O) groups is 1. The van der Waals surface area contributed by atoms with Crippen LogP contribution in [0.4, 0.5) is 0 Å². The molecule has 1 nitrogen and oxygen atoms in total. The molecule has 2 aromatic rings. The van der Waals surface area contributed by atoms with Crippen molar-refractivity contribution in [3.8, 4) is 0 Å². The van der Waals surface area contributed by atoms with Crippen LogP contribution < -0.4 is 0 Å². The number of carbonyl (C=O) groups excluding carboxylic acids is 1. The van der Waals surface area contributed by atoms with E-state index in [4.69, 9.17) is 0 Å². The molecule has 0 heterocycles. The van der Waals surface area contributed by atoms with Crippen LogP contribution in [0.15, 0.2) is 60.7 Å². The first-order valence-electron chi connectivity index (χ1n) is 7.08. The van der Waals surface area contributed by atoms with Gasteiger partial charge in [-0.05, 0) is 29.5 Å². The highest BCUT2D eigenvalue weighted by Crippen LogP contribution is 2.20. The highest BCUT2D eigenvalue weighted by Gasteiger charge is 2.03. The molecule has 0 bridgehead atoms. The van der Waals surface area contributed by atoms with Gasteiger partial charge in [-0.1, -0.05) is 74.5 Å². The summed E-state index contributed by atoms with van der Waals surface area (Å²) in [7, 11) is 0. The minimum absolute atomic E-state index is 0.0412. The first-order chi connectivity index (χ1) is 9.70. The number of benzene rings is 2. The summed E-state index contributed by atoms with van der Waals surface area (Å²) in [6, 6.07) is 17.7. The first kappa shape index (κ1) is 14.3. The van der Waals surface area contributed by atoms with Gasteiger partial charge in [0.25, 0.3) is 0 Å². The van der Waals surface area contributed by atoms with Crippen molar-refractivity contribution >= 4 is 11.9 Å². The molecule has 0 aromatic heterocycles. The van der Waals surface area contributed by atoms with Gasteiger partial charge in [-0.25, -0.2) is 0 Å². The van der Waals surface area contributed by atoms with Gasteiger partial charge < -0.3 is 0 Å². The number of rotatable bonds is 5. The molecule has 0 saturated carbocycles. The van der Waals surface area contributed by atoms with E-state index in [2.05, 4.69) is 26.0 Å². The summed E-state index contributed by atoms with van der Waals surface area (Å²) < 4.78 is 0. The second-order valence-electron chi connectivity index (χ2n) is 5.04. The average Bonchev–Trinajstić information content (AvgIpc) is 2.53. The quantitative estimate of drug-likeness (QED) is 0.542. The molecule has 0 aliphatic heterocycles. The van der Waals surface area contributed by atoms with Crippen LogP contribution in [0, 0.1) is 0 Å². The van der Waals surface area contributed by atoms with E-state index in [9.17, 15) is 4.79 Å². The fourth-order valence-corrected chi connectivity index (χ4v) is 2.08. The molecule has 1 unspecified atom stereocenters. The van der Waals surface area contributed by atoms with Gasteiger partial charge in [0.05, 0.1) is 0 Å². The van der Waals surface area contributed by atoms with E-state index in [0.717, 1.165) is 17.5 Å². The number of ketones is 1. The third kappa shape index (κ3) is 3.67. The lowest BCUT2D eigenvalue weighted by atomic mass is 9.96. The normalized spacial score (nSPS) is 12.5. The van der Waals surface area contributed by atoms with Crippen molar-refractivity contribution in [1.29, 1.82) is 0 Å². The smallest absolute Gasteiger partial charge is 0.185 e. The molecule has 0 radical (unpaired) electrons. The average molecular weight is 264 g/mol. The zero-order chi connectivity index (χ0) is 14.4. The van der Waals surface area contributed by atoms with Gasteiger partial charge in [-0.15, -0.1) is 0 Å². The van der Waals surface area contributed by atoms with Gasteiger partial charge in [0.2, 0.25) is 0 Å². The van der Waals surface area contributed by atoms with Gasteiger partial charge in [0.15, 0.2) is 5.78 Å². The Morgan fingerprint density at radius 1 is 1.10 bits per heavy atom. The van der Waals surface area contributed by atoms with E-state index in [0.29, 0.717) is 5.92 Å². The molecule has 1 heteroatoms. The molecule has 1 atom stereocenters. The van der Waals surface area contributed by atoms with Crippen LogP contribution >= 0.6 is 0 Å². The molecular weight excluding hydrogens is 244 g/mol. The van der Waals surface area contributed by atoms with Crippen LogP contribution in [0.2, 0.25) is 0 Å². The second kappa shape index (κ2) is 6.85. The maximum absolute atomic E-state index is 12.0. The Kier molecular flexibility index (Phi) is 4.89. The van der Waals surface area contributed by atoms with E-state index in [1.807, 2.05) is 48.5 Å². The van der Waals surface area contributed by atoms with Crippen LogP contribution in [0.5, 0.6) is 0 Å². The summed E-state index contributed by atoms with van der Waals surface area (Å²) in [5, 5.41) is 0. The van der Waals surface area contributed by atoms with Crippen LogP contribution in [0.1, 0.15) is 47.7 Å². The molecule has 0 N–H and O–H groups in total. The molecule has 102 valence electrons. The number of allylic oxidation sites excluding steroid dienone is 1. The third-order valence-electron chi connectivity index (χ3n) is 3.58. The van der Waals surface area contributed by atoms with E-state index < -0.39 is 0 Å². The Hall–Kier alpha value is -2.15. The van der Waals surface area contributed by atoms with Crippen molar-refractivity contribution in [1.82, 2.24) is 0 Å². The summed E-state index contributed by atoms with van der Waals surface area (Å²) in [6.45, 7) is 4.41. The molecule has 2 aromatic carbocycles. The minimum atomic E-state index is 0.0412. The summed E-state index contributed by atoms with van der Waals surface area (Å²) in [5.74, 6) is 0.590. The maximum atomic E-state index is 12.0. The highest BCUT2D eigenvalue weighted by atomic mass is 16.1. The largest absolute Gasteiger partial charge is 0.289 e. The van der Waals surface area contributed by atoms with Crippen LogP contribution in [0.25, 0.3) is 6.08 Å². The SMILES string of the molecule is CCC(C)c1cccc(/C=C\C(=O)c2ccccc2)c1. The van der Waals surface area contributed by atoms with E-state index in [1.54, 1.807) is 6.08 Å². The van der Waals surface area contributed by atoms with Gasteiger partial charge in [0.1, 0.15) is 0 Å². The van der Waals surface area contributed by atoms with Crippen molar-refractivity contribution in [3.05, 3.63) is 77.4 Å². The maximum Gasteiger partial charge on any atom is 0.185 e. The molecular formula is C19H20O. The predicted molar refractivity (Wildman–Crippen MR) is 85.0 cm³/mol. The van der Waals surface area contributed by atoms with Crippen molar-refractivity contribution < 1.29 is 4.79 Å². The van der Waals surface area contributed by atoms with Gasteiger partial charge in [0, 0.05) is 5.56 Å². The Morgan fingerprint density at radius 3 is 2.55 bits per heavy atom. The Bertz CT molecular complexity index is 596. The predicted octanol–water partition coefficient (Wildman–Crippen LogP) is 5.10.